The summed E-state index contributed by atoms with van der Waals surface area (Å²) in [4.78, 5) is 2.41. The molecule has 96 valence electrons. The third-order valence-electron chi connectivity index (χ3n) is 3.95. The van der Waals surface area contributed by atoms with Crippen molar-refractivity contribution in [2.75, 3.05) is 20.1 Å². The van der Waals surface area contributed by atoms with Gasteiger partial charge in [-0.1, -0.05) is 37.3 Å². The van der Waals surface area contributed by atoms with Crippen LogP contribution in [0.15, 0.2) is 30.3 Å². The Bertz CT molecular complexity index is 319. The summed E-state index contributed by atoms with van der Waals surface area (Å²) < 4.78 is 0. The van der Waals surface area contributed by atoms with Crippen LogP contribution in [0.3, 0.4) is 0 Å². The minimum atomic E-state index is 0.238. The molecule has 0 bridgehead atoms. The first-order valence-corrected chi connectivity index (χ1v) is 6.47. The Kier molecular flexibility index (Phi) is 5.16. The lowest BCUT2D eigenvalue weighted by Crippen LogP contribution is -2.43. The summed E-state index contributed by atoms with van der Waals surface area (Å²) in [5.41, 5.74) is 7.49. The van der Waals surface area contributed by atoms with Crippen LogP contribution in [0.2, 0.25) is 0 Å². The van der Waals surface area contributed by atoms with Crippen molar-refractivity contribution in [1.82, 2.24) is 4.90 Å². The summed E-state index contributed by atoms with van der Waals surface area (Å²) in [6.07, 6.45) is 1.15. The molecule has 0 fully saturated rings. The molecule has 17 heavy (non-hydrogen) atoms. The molecule has 2 heteroatoms. The van der Waals surface area contributed by atoms with E-state index in [1.54, 1.807) is 0 Å². The molecular weight excluding hydrogens is 208 g/mol. The van der Waals surface area contributed by atoms with Gasteiger partial charge in [0.1, 0.15) is 0 Å². The Morgan fingerprint density at radius 3 is 2.29 bits per heavy atom. The summed E-state index contributed by atoms with van der Waals surface area (Å²) >= 11 is 0. The van der Waals surface area contributed by atoms with E-state index in [4.69, 9.17) is 5.73 Å². The maximum Gasteiger partial charge on any atom is 0.0147 e. The van der Waals surface area contributed by atoms with Gasteiger partial charge in [-0.15, -0.1) is 0 Å². The minimum Gasteiger partial charge on any atom is -0.330 e. The Morgan fingerprint density at radius 1 is 1.24 bits per heavy atom. The highest BCUT2D eigenvalue weighted by atomic mass is 15.2. The summed E-state index contributed by atoms with van der Waals surface area (Å²) in [6.45, 7) is 8.52. The second-order valence-electron chi connectivity index (χ2n) is 5.39. The van der Waals surface area contributed by atoms with Gasteiger partial charge in [0, 0.05) is 24.5 Å². The summed E-state index contributed by atoms with van der Waals surface area (Å²) in [6, 6.07) is 10.6. The van der Waals surface area contributed by atoms with E-state index in [0.29, 0.717) is 12.5 Å². The monoisotopic (exact) mass is 234 g/mol. The summed E-state index contributed by atoms with van der Waals surface area (Å²) in [7, 11) is 2.19. The van der Waals surface area contributed by atoms with Crippen LogP contribution in [0.4, 0.5) is 0 Å². The second-order valence-corrected chi connectivity index (χ2v) is 5.39. The molecule has 2 nitrogen and oxygen atoms in total. The van der Waals surface area contributed by atoms with Gasteiger partial charge in [-0.05, 0) is 32.9 Å². The van der Waals surface area contributed by atoms with Gasteiger partial charge in [-0.25, -0.2) is 0 Å². The number of benzene rings is 1. The Hall–Kier alpha value is -0.860. The highest BCUT2D eigenvalue weighted by Gasteiger charge is 2.23. The zero-order chi connectivity index (χ0) is 12.9. The number of likely N-dealkylation sites (N-methyl/N-ethyl adjacent to an activating group) is 1. The first kappa shape index (κ1) is 14.2. The van der Waals surface area contributed by atoms with E-state index in [1.165, 1.54) is 5.56 Å². The average Bonchev–Trinajstić information content (AvgIpc) is 2.36. The van der Waals surface area contributed by atoms with Crippen molar-refractivity contribution in [3.8, 4) is 0 Å². The van der Waals surface area contributed by atoms with E-state index in [2.05, 4.69) is 63.1 Å². The van der Waals surface area contributed by atoms with Gasteiger partial charge < -0.3 is 10.6 Å². The Morgan fingerprint density at radius 2 is 1.82 bits per heavy atom. The van der Waals surface area contributed by atoms with Crippen molar-refractivity contribution < 1.29 is 0 Å². The molecular formula is C15H26N2. The zero-order valence-corrected chi connectivity index (χ0v) is 11.6. The van der Waals surface area contributed by atoms with Crippen LogP contribution in [0, 0.1) is 0 Å². The number of hydrogen-bond donors (Lipinski definition) is 1. The van der Waals surface area contributed by atoms with Gasteiger partial charge in [0.05, 0.1) is 0 Å². The predicted octanol–water partition coefficient (Wildman–Crippen LogP) is 2.85. The maximum absolute atomic E-state index is 5.91. The highest BCUT2D eigenvalue weighted by Crippen LogP contribution is 2.22. The van der Waals surface area contributed by atoms with Gasteiger partial charge in [0.2, 0.25) is 0 Å². The van der Waals surface area contributed by atoms with Gasteiger partial charge in [0.15, 0.2) is 0 Å². The van der Waals surface area contributed by atoms with Crippen LogP contribution in [-0.2, 0) is 0 Å². The molecule has 0 heterocycles. The van der Waals surface area contributed by atoms with E-state index in [9.17, 15) is 0 Å². The van der Waals surface area contributed by atoms with Gasteiger partial charge >= 0.3 is 0 Å². The molecule has 0 saturated heterocycles. The third-order valence-corrected chi connectivity index (χ3v) is 3.95. The highest BCUT2D eigenvalue weighted by molar-refractivity contribution is 5.20. The fourth-order valence-corrected chi connectivity index (χ4v) is 1.89. The summed E-state index contributed by atoms with van der Waals surface area (Å²) in [5, 5.41) is 0. The lowest BCUT2D eigenvalue weighted by atomic mass is 9.94. The van der Waals surface area contributed by atoms with Crippen LogP contribution < -0.4 is 5.73 Å². The van der Waals surface area contributed by atoms with Gasteiger partial charge in [0.25, 0.3) is 0 Å². The van der Waals surface area contributed by atoms with Crippen LogP contribution in [-0.4, -0.2) is 30.6 Å². The third kappa shape index (κ3) is 3.83. The first-order chi connectivity index (χ1) is 8.01. The topological polar surface area (TPSA) is 29.3 Å². The first-order valence-electron chi connectivity index (χ1n) is 6.47. The number of nitrogens with two attached hydrogens (primary N) is 1. The molecule has 0 aromatic heterocycles. The van der Waals surface area contributed by atoms with Gasteiger partial charge in [-0.3, -0.25) is 0 Å². The largest absolute Gasteiger partial charge is 0.330 e. The van der Waals surface area contributed by atoms with E-state index >= 15 is 0 Å². The van der Waals surface area contributed by atoms with Crippen molar-refractivity contribution in [1.29, 1.82) is 0 Å². The molecule has 1 unspecified atom stereocenters. The Labute approximate surface area is 106 Å². The maximum atomic E-state index is 5.91. The smallest absolute Gasteiger partial charge is 0.0147 e. The molecule has 0 amide bonds. The van der Waals surface area contributed by atoms with E-state index < -0.39 is 0 Å². The molecule has 1 aromatic rings. The summed E-state index contributed by atoms with van der Waals surface area (Å²) in [5.74, 6) is 0.423. The molecule has 0 aliphatic heterocycles. The van der Waals surface area contributed by atoms with Crippen molar-refractivity contribution in [2.24, 2.45) is 5.73 Å². The van der Waals surface area contributed by atoms with E-state index in [-0.39, 0.29) is 5.54 Å². The molecule has 0 saturated carbocycles. The number of nitrogens with zero attached hydrogens (tertiary/aromatic N) is 1. The van der Waals surface area contributed by atoms with Crippen LogP contribution >= 0.6 is 0 Å². The normalized spacial score (nSPS) is 14.0. The van der Waals surface area contributed by atoms with Crippen molar-refractivity contribution >= 4 is 0 Å². The fraction of sp³-hybridized carbons (Fsp3) is 0.600. The second kappa shape index (κ2) is 6.18. The lowest BCUT2D eigenvalue weighted by Gasteiger charge is -2.37. The standard InChI is InChI=1S/C15H26N2/c1-5-15(2,3)17(4)12-14(11-16)13-9-7-6-8-10-13/h6-10,14H,5,11-12,16H2,1-4H3. The van der Waals surface area contributed by atoms with Gasteiger partial charge in [-0.2, -0.15) is 0 Å². The molecule has 1 atom stereocenters. The van der Waals surface area contributed by atoms with Crippen LogP contribution in [0.25, 0.3) is 0 Å². The predicted molar refractivity (Wildman–Crippen MR) is 75.2 cm³/mol. The average molecular weight is 234 g/mol. The van der Waals surface area contributed by atoms with Crippen LogP contribution in [0.1, 0.15) is 38.7 Å². The number of rotatable bonds is 6. The van der Waals surface area contributed by atoms with Crippen molar-refractivity contribution in [3.63, 3.8) is 0 Å². The van der Waals surface area contributed by atoms with Crippen molar-refractivity contribution in [2.45, 2.75) is 38.6 Å². The molecule has 0 spiro atoms. The quantitative estimate of drug-likeness (QED) is 0.820. The van der Waals surface area contributed by atoms with E-state index in [1.807, 2.05) is 0 Å². The number of hydrogen-bond acceptors (Lipinski definition) is 2. The van der Waals surface area contributed by atoms with E-state index in [0.717, 1.165) is 13.0 Å². The van der Waals surface area contributed by atoms with Crippen molar-refractivity contribution in [3.05, 3.63) is 35.9 Å². The Balaban J connectivity index is 2.71. The zero-order valence-electron chi connectivity index (χ0n) is 11.6. The fourth-order valence-electron chi connectivity index (χ4n) is 1.89. The lowest BCUT2D eigenvalue weighted by molar-refractivity contribution is 0.142. The minimum absolute atomic E-state index is 0.238. The molecule has 0 aliphatic rings. The van der Waals surface area contributed by atoms with Crippen LogP contribution in [0.5, 0.6) is 0 Å². The molecule has 0 radical (unpaired) electrons. The molecule has 2 N–H and O–H groups in total. The SMILES string of the molecule is CCC(C)(C)N(C)CC(CN)c1ccccc1. The molecule has 0 aliphatic carbocycles. The molecule has 1 aromatic carbocycles. The molecule has 1 rings (SSSR count).